The van der Waals surface area contributed by atoms with Gasteiger partial charge in [-0.25, -0.2) is 0 Å². The van der Waals surface area contributed by atoms with E-state index in [0.717, 1.165) is 0 Å². The fourth-order valence-corrected chi connectivity index (χ4v) is 1.67. The van der Waals surface area contributed by atoms with E-state index in [0.29, 0.717) is 5.69 Å². The minimum absolute atomic E-state index is 0.0297. The van der Waals surface area contributed by atoms with Gasteiger partial charge in [-0.3, -0.25) is 9.00 Å². The van der Waals surface area contributed by atoms with E-state index in [4.69, 9.17) is 11.6 Å². The number of nitrogens with one attached hydrogen (secondary N) is 1. The van der Waals surface area contributed by atoms with Gasteiger partial charge >= 0.3 is 0 Å². The molecule has 0 heterocycles. The zero-order valence-corrected chi connectivity index (χ0v) is 8.82. The number of halogens is 1. The molecule has 1 amide bonds. The number of hydrogen-bond donors (Lipinski definition) is 1. The Hall–Kier alpha value is -0.910. The van der Waals surface area contributed by atoms with Crippen molar-refractivity contribution in [3.8, 4) is 0 Å². The van der Waals surface area contributed by atoms with Crippen LogP contribution >= 0.6 is 11.6 Å². The third-order valence-corrected chi connectivity index (χ3v) is 2.57. The molecule has 0 saturated heterocycles. The van der Waals surface area contributed by atoms with Gasteiger partial charge in [0.15, 0.2) is 0 Å². The van der Waals surface area contributed by atoms with Crippen molar-refractivity contribution in [3.63, 3.8) is 0 Å². The summed E-state index contributed by atoms with van der Waals surface area (Å²) in [7, 11) is 0. The Morgan fingerprint density at radius 1 is 1.57 bits per heavy atom. The monoisotopic (exact) mass is 232 g/mol. The molecule has 0 aliphatic rings. The average Bonchev–Trinajstić information content (AvgIpc) is 2.07. The molecule has 0 aromatic heterocycles. The minimum atomic E-state index is -2.40. The van der Waals surface area contributed by atoms with Crippen molar-refractivity contribution in [2.75, 3.05) is 5.32 Å². The summed E-state index contributed by atoms with van der Waals surface area (Å²) in [4.78, 5) is 10.7. The third-order valence-electron chi connectivity index (χ3n) is 1.43. The van der Waals surface area contributed by atoms with Crippen molar-refractivity contribution in [1.82, 2.24) is 0 Å². The summed E-state index contributed by atoms with van der Waals surface area (Å²) in [6, 6.07) is 4.24. The molecule has 0 aliphatic carbocycles. The minimum Gasteiger partial charge on any atom is -0.768 e. The maximum atomic E-state index is 10.7. The molecule has 14 heavy (non-hydrogen) atoms. The molecule has 76 valence electrons. The van der Waals surface area contributed by atoms with Crippen LogP contribution in [-0.2, 0) is 15.9 Å². The highest BCUT2D eigenvalue weighted by Gasteiger charge is 2.03. The van der Waals surface area contributed by atoms with Crippen LogP contribution in [0.2, 0.25) is 5.02 Å². The van der Waals surface area contributed by atoms with Crippen LogP contribution in [0, 0.1) is 0 Å². The first-order valence-corrected chi connectivity index (χ1v) is 5.12. The van der Waals surface area contributed by atoms with E-state index in [1.165, 1.54) is 25.1 Å². The van der Waals surface area contributed by atoms with Gasteiger partial charge in [-0.05, 0) is 29.3 Å². The molecule has 1 aromatic carbocycles. The smallest absolute Gasteiger partial charge is 0.221 e. The third kappa shape index (κ3) is 2.80. The maximum absolute atomic E-state index is 10.7. The topological polar surface area (TPSA) is 69.2 Å². The Balaban J connectivity index is 3.06. The van der Waals surface area contributed by atoms with Gasteiger partial charge in [0.05, 0.1) is 5.02 Å². The number of anilines is 1. The molecule has 1 rings (SSSR count). The van der Waals surface area contributed by atoms with E-state index < -0.39 is 11.1 Å². The van der Waals surface area contributed by atoms with Crippen LogP contribution in [0.25, 0.3) is 0 Å². The van der Waals surface area contributed by atoms with E-state index in [9.17, 15) is 13.6 Å². The van der Waals surface area contributed by atoms with Crippen molar-refractivity contribution >= 4 is 34.3 Å². The molecule has 1 N–H and O–H groups in total. The second-order valence-electron chi connectivity index (χ2n) is 2.56. The van der Waals surface area contributed by atoms with Gasteiger partial charge in [0.25, 0.3) is 0 Å². The molecule has 0 spiro atoms. The van der Waals surface area contributed by atoms with Gasteiger partial charge in [0, 0.05) is 17.5 Å². The highest BCUT2D eigenvalue weighted by molar-refractivity contribution is 7.79. The second kappa shape index (κ2) is 4.54. The lowest BCUT2D eigenvalue weighted by atomic mass is 10.3. The summed E-state index contributed by atoms with van der Waals surface area (Å²) in [5.74, 6) is -0.269. The predicted octanol–water partition coefficient (Wildman–Crippen LogP) is 1.54. The van der Waals surface area contributed by atoms with Gasteiger partial charge in [-0.1, -0.05) is 11.6 Å². The molecule has 1 atom stereocenters. The van der Waals surface area contributed by atoms with Crippen molar-refractivity contribution in [2.45, 2.75) is 11.8 Å². The van der Waals surface area contributed by atoms with Gasteiger partial charge in [0.1, 0.15) is 0 Å². The van der Waals surface area contributed by atoms with Gasteiger partial charge in [0.2, 0.25) is 5.91 Å². The fourth-order valence-electron chi connectivity index (χ4n) is 0.912. The van der Waals surface area contributed by atoms with Crippen LogP contribution in [0.4, 0.5) is 5.69 Å². The first-order valence-electron chi connectivity index (χ1n) is 3.67. The average molecular weight is 233 g/mol. The first kappa shape index (κ1) is 11.2. The summed E-state index contributed by atoms with van der Waals surface area (Å²) in [5, 5.41) is 2.59. The summed E-state index contributed by atoms with van der Waals surface area (Å²) >= 11 is 3.22. The van der Waals surface area contributed by atoms with E-state index in [1.807, 2.05) is 0 Å². The molecule has 6 heteroatoms. The molecule has 0 radical (unpaired) electrons. The zero-order chi connectivity index (χ0) is 10.7. The number of hydrogen-bond acceptors (Lipinski definition) is 3. The standard InChI is InChI=1S/C8H8ClNO3S/c1-5(11)10-6-2-3-7(9)8(4-6)14(12)13/h2-4H,1H3,(H,10,11)(H,12,13)/p-1. The van der Waals surface area contributed by atoms with Crippen LogP contribution in [0.1, 0.15) is 6.92 Å². The normalized spacial score (nSPS) is 12.2. The Bertz CT molecular complexity index is 394. The Kier molecular flexibility index (Phi) is 3.62. The van der Waals surface area contributed by atoms with Crippen molar-refractivity contribution in [3.05, 3.63) is 23.2 Å². The summed E-state index contributed by atoms with van der Waals surface area (Å²) < 4.78 is 21.3. The Morgan fingerprint density at radius 2 is 2.21 bits per heavy atom. The number of amides is 1. The molecule has 1 aromatic rings. The Morgan fingerprint density at radius 3 is 2.71 bits per heavy atom. The van der Waals surface area contributed by atoms with Crippen LogP contribution in [-0.4, -0.2) is 14.7 Å². The molecular formula is C8H7ClNO3S-. The molecule has 1 unspecified atom stereocenters. The molecule has 0 saturated carbocycles. The predicted molar refractivity (Wildman–Crippen MR) is 52.9 cm³/mol. The van der Waals surface area contributed by atoms with Crippen LogP contribution in [0.5, 0.6) is 0 Å². The molecule has 4 nitrogen and oxygen atoms in total. The summed E-state index contributed by atoms with van der Waals surface area (Å²) in [5.41, 5.74) is 0.404. The Labute approximate surface area is 88.6 Å². The lowest BCUT2D eigenvalue weighted by Gasteiger charge is -2.09. The number of rotatable bonds is 2. The summed E-state index contributed by atoms with van der Waals surface area (Å²) in [6.07, 6.45) is 0. The van der Waals surface area contributed by atoms with Gasteiger partial charge < -0.3 is 9.87 Å². The van der Waals surface area contributed by atoms with Crippen LogP contribution < -0.4 is 5.32 Å². The van der Waals surface area contributed by atoms with Gasteiger partial charge in [-0.2, -0.15) is 0 Å². The summed E-state index contributed by atoms with van der Waals surface area (Å²) in [6.45, 7) is 1.34. The first-order chi connectivity index (χ1) is 6.50. The maximum Gasteiger partial charge on any atom is 0.221 e. The van der Waals surface area contributed by atoms with Crippen LogP contribution in [0.15, 0.2) is 23.1 Å². The number of carbonyl (C=O) groups excluding carboxylic acids is 1. The van der Waals surface area contributed by atoms with Crippen LogP contribution in [0.3, 0.4) is 0 Å². The highest BCUT2D eigenvalue weighted by atomic mass is 35.5. The van der Waals surface area contributed by atoms with Gasteiger partial charge in [-0.15, -0.1) is 0 Å². The van der Waals surface area contributed by atoms with Crippen molar-refractivity contribution < 1.29 is 13.6 Å². The quantitative estimate of drug-likeness (QED) is 0.787. The van der Waals surface area contributed by atoms with E-state index in [2.05, 4.69) is 5.32 Å². The molecule has 0 fully saturated rings. The van der Waals surface area contributed by atoms with Crippen molar-refractivity contribution in [2.24, 2.45) is 0 Å². The molecule has 0 bridgehead atoms. The second-order valence-corrected chi connectivity index (χ2v) is 3.88. The SMILES string of the molecule is CC(=O)Nc1ccc(Cl)c(S(=O)[O-])c1. The fraction of sp³-hybridized carbons (Fsp3) is 0.125. The number of benzene rings is 1. The lowest BCUT2D eigenvalue weighted by molar-refractivity contribution is -0.114. The molecular weight excluding hydrogens is 226 g/mol. The largest absolute Gasteiger partial charge is 0.768 e. The zero-order valence-electron chi connectivity index (χ0n) is 7.24. The van der Waals surface area contributed by atoms with E-state index in [1.54, 1.807) is 0 Å². The highest BCUT2D eigenvalue weighted by Crippen LogP contribution is 2.22. The van der Waals surface area contributed by atoms with Crippen molar-refractivity contribution in [1.29, 1.82) is 0 Å². The number of carbonyl (C=O) groups is 1. The van der Waals surface area contributed by atoms with E-state index in [-0.39, 0.29) is 15.8 Å². The molecule has 0 aliphatic heterocycles. The lowest BCUT2D eigenvalue weighted by Crippen LogP contribution is -2.06. The van der Waals surface area contributed by atoms with E-state index >= 15 is 0 Å².